The molecule has 4 nitrogen and oxygen atoms in total. The second kappa shape index (κ2) is 8.54. The molecule has 0 saturated heterocycles. The average Bonchev–Trinajstić information content (AvgIpc) is 2.32. The molecule has 0 heterocycles. The quantitative estimate of drug-likeness (QED) is 0.517. The van der Waals surface area contributed by atoms with Gasteiger partial charge in [0, 0.05) is 6.04 Å². The van der Waals surface area contributed by atoms with Gasteiger partial charge in [-0.1, -0.05) is 13.8 Å². The van der Waals surface area contributed by atoms with E-state index in [1.165, 1.54) is 13.5 Å². The van der Waals surface area contributed by atoms with Crippen molar-refractivity contribution in [2.45, 2.75) is 65.0 Å². The van der Waals surface area contributed by atoms with Gasteiger partial charge in [0.1, 0.15) is 5.54 Å². The van der Waals surface area contributed by atoms with E-state index < -0.39 is 5.54 Å². The van der Waals surface area contributed by atoms with Gasteiger partial charge >= 0.3 is 5.97 Å². The molecule has 0 spiro atoms. The Bertz CT molecular complexity index is 265. The van der Waals surface area contributed by atoms with Crippen molar-refractivity contribution in [2.24, 2.45) is 11.7 Å². The Kier molecular flexibility index (Phi) is 8.26. The van der Waals surface area contributed by atoms with Crippen LogP contribution in [0.15, 0.2) is 0 Å². The summed E-state index contributed by atoms with van der Waals surface area (Å²) in [5.74, 6) is 0.401. The highest BCUT2D eigenvalue weighted by Crippen LogP contribution is 2.14. The van der Waals surface area contributed by atoms with E-state index in [1.807, 2.05) is 0 Å². The number of carbonyl (C=O) groups is 1. The third-order valence-electron chi connectivity index (χ3n) is 3.67. The number of methoxy groups -OCH3 is 1. The zero-order valence-electron chi connectivity index (χ0n) is 13.5. The molecule has 2 N–H and O–H groups in total. The van der Waals surface area contributed by atoms with E-state index in [2.05, 4.69) is 32.7 Å². The lowest BCUT2D eigenvalue weighted by Gasteiger charge is -2.27. The molecule has 114 valence electrons. The van der Waals surface area contributed by atoms with E-state index in [1.54, 1.807) is 6.92 Å². The maximum Gasteiger partial charge on any atom is 0.325 e. The summed E-state index contributed by atoms with van der Waals surface area (Å²) < 4.78 is 4.70. The van der Waals surface area contributed by atoms with Gasteiger partial charge in [-0.2, -0.15) is 0 Å². The van der Waals surface area contributed by atoms with E-state index >= 15 is 0 Å². The molecule has 19 heavy (non-hydrogen) atoms. The highest BCUT2D eigenvalue weighted by Gasteiger charge is 2.28. The van der Waals surface area contributed by atoms with Crippen LogP contribution in [-0.2, 0) is 9.53 Å². The molecule has 0 fully saturated rings. The number of rotatable bonds is 9. The second-order valence-electron chi connectivity index (χ2n) is 6.33. The maximum absolute atomic E-state index is 11.4. The van der Waals surface area contributed by atoms with Gasteiger partial charge < -0.3 is 15.4 Å². The molecule has 0 aliphatic carbocycles. The molecule has 0 saturated carbocycles. The lowest BCUT2D eigenvalue weighted by atomic mass is 9.96. The summed E-state index contributed by atoms with van der Waals surface area (Å²) in [5.41, 5.74) is 5.07. The Hall–Kier alpha value is -0.610. The topological polar surface area (TPSA) is 55.6 Å². The van der Waals surface area contributed by atoms with Gasteiger partial charge in [0.05, 0.1) is 7.11 Å². The van der Waals surface area contributed by atoms with Crippen LogP contribution in [0.4, 0.5) is 0 Å². The first-order valence-electron chi connectivity index (χ1n) is 7.28. The molecule has 4 heteroatoms. The van der Waals surface area contributed by atoms with Crippen LogP contribution in [0.1, 0.15) is 53.4 Å². The van der Waals surface area contributed by atoms with Crippen molar-refractivity contribution in [2.75, 3.05) is 20.7 Å². The van der Waals surface area contributed by atoms with Crippen molar-refractivity contribution in [1.29, 1.82) is 0 Å². The first-order valence-corrected chi connectivity index (χ1v) is 7.28. The van der Waals surface area contributed by atoms with Crippen LogP contribution in [0.3, 0.4) is 0 Å². The largest absolute Gasteiger partial charge is 0.468 e. The van der Waals surface area contributed by atoms with E-state index in [0.29, 0.717) is 12.5 Å². The lowest BCUT2D eigenvalue weighted by Crippen LogP contribution is -2.45. The molecular weight excluding hydrogens is 240 g/mol. The molecule has 0 radical (unpaired) electrons. The molecule has 0 bridgehead atoms. The normalized spacial score (nSPS) is 16.5. The van der Waals surface area contributed by atoms with Crippen LogP contribution in [0.5, 0.6) is 0 Å². The highest BCUT2D eigenvalue weighted by atomic mass is 16.5. The first-order chi connectivity index (χ1) is 8.70. The van der Waals surface area contributed by atoms with Crippen molar-refractivity contribution in [1.82, 2.24) is 4.90 Å². The predicted octanol–water partition coefficient (Wildman–Crippen LogP) is 2.41. The Morgan fingerprint density at radius 1 is 1.32 bits per heavy atom. The summed E-state index contributed by atoms with van der Waals surface area (Å²) in [6.45, 7) is 9.55. The minimum atomic E-state index is -0.850. The summed E-state index contributed by atoms with van der Waals surface area (Å²) in [4.78, 5) is 13.8. The van der Waals surface area contributed by atoms with Gasteiger partial charge in [0.2, 0.25) is 0 Å². The Morgan fingerprint density at radius 3 is 2.37 bits per heavy atom. The van der Waals surface area contributed by atoms with Crippen LogP contribution < -0.4 is 5.73 Å². The number of unbranched alkanes of at least 4 members (excludes halogenated alkanes) is 1. The predicted molar refractivity (Wildman–Crippen MR) is 80.0 cm³/mol. The molecule has 0 aliphatic rings. The van der Waals surface area contributed by atoms with Crippen molar-refractivity contribution in [3.63, 3.8) is 0 Å². The SMILES string of the molecule is COC(=O)C(C)(N)CCCCN(C)C(C)CC(C)C. The monoisotopic (exact) mass is 272 g/mol. The number of esters is 1. The smallest absolute Gasteiger partial charge is 0.325 e. The fraction of sp³-hybridized carbons (Fsp3) is 0.933. The van der Waals surface area contributed by atoms with Crippen molar-refractivity contribution in [3.05, 3.63) is 0 Å². The number of carbonyl (C=O) groups excluding carboxylic acids is 1. The lowest BCUT2D eigenvalue weighted by molar-refractivity contribution is -0.146. The van der Waals surface area contributed by atoms with Crippen LogP contribution in [-0.4, -0.2) is 43.2 Å². The van der Waals surface area contributed by atoms with E-state index in [-0.39, 0.29) is 5.97 Å². The van der Waals surface area contributed by atoms with Gasteiger partial charge in [-0.05, 0) is 59.0 Å². The summed E-state index contributed by atoms with van der Waals surface area (Å²) in [6.07, 6.45) is 3.89. The van der Waals surface area contributed by atoms with Crippen LogP contribution in [0.25, 0.3) is 0 Å². The van der Waals surface area contributed by atoms with E-state index in [0.717, 1.165) is 25.3 Å². The number of hydrogen-bond donors (Lipinski definition) is 1. The Labute approximate surface area is 118 Å². The van der Waals surface area contributed by atoms with Gasteiger partial charge in [-0.15, -0.1) is 0 Å². The Morgan fingerprint density at radius 2 is 1.89 bits per heavy atom. The summed E-state index contributed by atoms with van der Waals surface area (Å²) in [5, 5.41) is 0. The van der Waals surface area contributed by atoms with Crippen LogP contribution >= 0.6 is 0 Å². The third kappa shape index (κ3) is 7.53. The number of nitrogens with zero attached hydrogens (tertiary/aromatic N) is 1. The summed E-state index contributed by atoms with van der Waals surface area (Å²) in [7, 11) is 3.55. The second-order valence-corrected chi connectivity index (χ2v) is 6.33. The minimum absolute atomic E-state index is 0.325. The van der Waals surface area contributed by atoms with Crippen molar-refractivity contribution in [3.8, 4) is 0 Å². The van der Waals surface area contributed by atoms with Gasteiger partial charge in [0.15, 0.2) is 0 Å². The summed E-state index contributed by atoms with van der Waals surface area (Å²) >= 11 is 0. The van der Waals surface area contributed by atoms with Gasteiger partial charge in [-0.25, -0.2) is 0 Å². The van der Waals surface area contributed by atoms with E-state index in [9.17, 15) is 4.79 Å². The molecule has 0 aromatic heterocycles. The van der Waals surface area contributed by atoms with Gasteiger partial charge in [0.25, 0.3) is 0 Å². The van der Waals surface area contributed by atoms with Crippen LogP contribution in [0, 0.1) is 5.92 Å². The van der Waals surface area contributed by atoms with Crippen molar-refractivity contribution >= 4 is 5.97 Å². The fourth-order valence-electron chi connectivity index (χ4n) is 2.27. The fourth-order valence-corrected chi connectivity index (χ4v) is 2.27. The zero-order chi connectivity index (χ0) is 15.1. The number of ether oxygens (including phenoxy) is 1. The molecule has 0 aromatic rings. The highest BCUT2D eigenvalue weighted by molar-refractivity contribution is 5.79. The molecule has 0 aromatic carbocycles. The van der Waals surface area contributed by atoms with Crippen molar-refractivity contribution < 1.29 is 9.53 Å². The number of hydrogen-bond acceptors (Lipinski definition) is 4. The standard InChI is InChI=1S/C15H32N2O2/c1-12(2)11-13(3)17(5)10-8-7-9-15(4,16)14(18)19-6/h12-13H,7-11,16H2,1-6H3. The Balaban J connectivity index is 3.88. The molecular formula is C15H32N2O2. The molecule has 2 atom stereocenters. The molecule has 0 amide bonds. The zero-order valence-corrected chi connectivity index (χ0v) is 13.5. The van der Waals surface area contributed by atoms with Gasteiger partial charge in [-0.3, -0.25) is 4.79 Å². The molecule has 0 aliphatic heterocycles. The average molecular weight is 272 g/mol. The molecule has 2 unspecified atom stereocenters. The third-order valence-corrected chi connectivity index (χ3v) is 3.67. The maximum atomic E-state index is 11.4. The first kappa shape index (κ1) is 18.4. The minimum Gasteiger partial charge on any atom is -0.468 e. The van der Waals surface area contributed by atoms with Crippen LogP contribution in [0.2, 0.25) is 0 Å². The summed E-state index contributed by atoms with van der Waals surface area (Å²) in [6, 6.07) is 0.602. The molecule has 0 rings (SSSR count). The number of nitrogens with two attached hydrogens (primary N) is 1. The van der Waals surface area contributed by atoms with E-state index in [4.69, 9.17) is 10.5 Å².